The van der Waals surface area contributed by atoms with Gasteiger partial charge in [-0.3, -0.25) is 4.79 Å². The highest BCUT2D eigenvalue weighted by Gasteiger charge is 2.18. The fourth-order valence-electron chi connectivity index (χ4n) is 1.45. The maximum atomic E-state index is 12.0. The van der Waals surface area contributed by atoms with E-state index in [-0.39, 0.29) is 30.5 Å². The highest BCUT2D eigenvalue weighted by atomic mass is 35.5. The fraction of sp³-hybridized carbons (Fsp3) is 0.462. The molecule has 4 nitrogen and oxygen atoms in total. The number of halogens is 3. The monoisotopic (exact) mass is 308 g/mol. The van der Waals surface area contributed by atoms with Crippen LogP contribution in [0, 0.1) is 0 Å². The highest BCUT2D eigenvalue weighted by Crippen LogP contribution is 2.15. The van der Waals surface area contributed by atoms with E-state index in [1.807, 2.05) is 13.8 Å². The average molecular weight is 309 g/mol. The van der Waals surface area contributed by atoms with Crippen LogP contribution in [0.2, 0.25) is 0 Å². The zero-order chi connectivity index (χ0) is 14.5. The van der Waals surface area contributed by atoms with Crippen LogP contribution in [0.3, 0.4) is 0 Å². The summed E-state index contributed by atoms with van der Waals surface area (Å²) in [5.41, 5.74) is 5.76. The van der Waals surface area contributed by atoms with Gasteiger partial charge in [0.25, 0.3) is 0 Å². The molecule has 1 rings (SSSR count). The van der Waals surface area contributed by atoms with Gasteiger partial charge in [0, 0.05) is 12.1 Å². The van der Waals surface area contributed by atoms with Gasteiger partial charge in [0.2, 0.25) is 5.91 Å². The molecule has 1 aromatic carbocycles. The molecule has 0 aliphatic carbocycles. The third-order valence-electron chi connectivity index (χ3n) is 2.50. The summed E-state index contributed by atoms with van der Waals surface area (Å²) in [6.45, 7) is 1.13. The molecule has 0 bridgehead atoms. The Morgan fingerprint density at radius 1 is 1.35 bits per heavy atom. The second-order valence-corrected chi connectivity index (χ2v) is 4.84. The quantitative estimate of drug-likeness (QED) is 0.846. The second-order valence-electron chi connectivity index (χ2n) is 4.84. The van der Waals surface area contributed by atoms with E-state index >= 15 is 0 Å². The minimum atomic E-state index is -2.85. The van der Waals surface area contributed by atoms with E-state index in [0.717, 1.165) is 0 Å². The van der Waals surface area contributed by atoms with Gasteiger partial charge in [-0.15, -0.1) is 12.4 Å². The summed E-state index contributed by atoms with van der Waals surface area (Å²) >= 11 is 0. The molecule has 1 amide bonds. The number of hydrogen-bond acceptors (Lipinski definition) is 3. The molecule has 0 atom stereocenters. The number of amides is 1. The number of rotatable bonds is 6. The molecule has 0 saturated carbocycles. The third kappa shape index (κ3) is 6.68. The summed E-state index contributed by atoms with van der Waals surface area (Å²) in [6.07, 6.45) is 0.165. The molecule has 0 radical (unpaired) electrons. The predicted molar refractivity (Wildman–Crippen MR) is 75.3 cm³/mol. The third-order valence-corrected chi connectivity index (χ3v) is 2.50. The Bertz CT molecular complexity index is 425. The smallest absolute Gasteiger partial charge is 0.387 e. The van der Waals surface area contributed by atoms with Gasteiger partial charge in [0.15, 0.2) is 0 Å². The molecule has 0 unspecified atom stereocenters. The molecule has 0 aromatic heterocycles. The minimum absolute atomic E-state index is 0. The van der Waals surface area contributed by atoms with Gasteiger partial charge < -0.3 is 15.8 Å². The summed E-state index contributed by atoms with van der Waals surface area (Å²) in [4.78, 5) is 11.7. The molecule has 114 valence electrons. The topological polar surface area (TPSA) is 64.3 Å². The van der Waals surface area contributed by atoms with Crippen LogP contribution in [0.5, 0.6) is 5.75 Å². The van der Waals surface area contributed by atoms with Crippen molar-refractivity contribution in [1.29, 1.82) is 0 Å². The molecule has 1 aromatic rings. The molecule has 20 heavy (non-hydrogen) atoms. The van der Waals surface area contributed by atoms with E-state index in [1.54, 1.807) is 12.1 Å². The number of carbonyl (C=O) groups is 1. The number of alkyl halides is 2. The lowest BCUT2D eigenvalue weighted by Crippen LogP contribution is -2.49. The highest BCUT2D eigenvalue weighted by molar-refractivity contribution is 5.85. The number of benzene rings is 1. The molecular weight excluding hydrogens is 290 g/mol. The summed E-state index contributed by atoms with van der Waals surface area (Å²) in [6, 6.07) is 5.96. The lowest BCUT2D eigenvalue weighted by Gasteiger charge is -2.24. The van der Waals surface area contributed by atoms with E-state index in [1.165, 1.54) is 12.1 Å². The van der Waals surface area contributed by atoms with Crippen LogP contribution in [0.1, 0.15) is 19.4 Å². The van der Waals surface area contributed by atoms with E-state index in [9.17, 15) is 13.6 Å². The van der Waals surface area contributed by atoms with Crippen molar-refractivity contribution in [1.82, 2.24) is 5.32 Å². The Hall–Kier alpha value is -1.40. The first-order valence-corrected chi connectivity index (χ1v) is 5.87. The Balaban J connectivity index is 0.00000361. The second kappa shape index (κ2) is 8.01. The first-order chi connectivity index (χ1) is 8.82. The molecule has 0 aliphatic rings. The lowest BCUT2D eigenvalue weighted by molar-refractivity contribution is -0.121. The maximum absolute atomic E-state index is 12.0. The van der Waals surface area contributed by atoms with Crippen molar-refractivity contribution in [2.75, 3.05) is 6.54 Å². The van der Waals surface area contributed by atoms with Crippen LogP contribution in [0.4, 0.5) is 8.78 Å². The van der Waals surface area contributed by atoms with E-state index < -0.39 is 12.2 Å². The van der Waals surface area contributed by atoms with Gasteiger partial charge in [0.1, 0.15) is 5.75 Å². The first-order valence-electron chi connectivity index (χ1n) is 5.87. The lowest BCUT2D eigenvalue weighted by atomic mass is 10.1. The molecular formula is C13H19ClF2N2O2. The molecule has 3 N–H and O–H groups in total. The summed E-state index contributed by atoms with van der Waals surface area (Å²) < 4.78 is 28.1. The van der Waals surface area contributed by atoms with Crippen LogP contribution in [-0.4, -0.2) is 24.6 Å². The maximum Gasteiger partial charge on any atom is 0.387 e. The van der Waals surface area contributed by atoms with E-state index in [4.69, 9.17) is 5.73 Å². The van der Waals surface area contributed by atoms with Crippen molar-refractivity contribution < 1.29 is 18.3 Å². The van der Waals surface area contributed by atoms with Crippen LogP contribution in [-0.2, 0) is 11.2 Å². The summed E-state index contributed by atoms with van der Waals surface area (Å²) in [5.74, 6) is -0.0978. The fourth-order valence-corrected chi connectivity index (χ4v) is 1.45. The molecule has 0 fully saturated rings. The van der Waals surface area contributed by atoms with Crippen LogP contribution in [0.15, 0.2) is 24.3 Å². The van der Waals surface area contributed by atoms with Gasteiger partial charge in [0.05, 0.1) is 6.42 Å². The number of carbonyl (C=O) groups excluding carboxylic acids is 1. The number of nitrogens with one attached hydrogen (secondary N) is 1. The molecule has 7 heteroatoms. The van der Waals surface area contributed by atoms with Gasteiger partial charge in [-0.25, -0.2) is 0 Å². The zero-order valence-electron chi connectivity index (χ0n) is 11.4. The molecule has 0 spiro atoms. The zero-order valence-corrected chi connectivity index (χ0v) is 12.2. The van der Waals surface area contributed by atoms with Crippen molar-refractivity contribution in [2.45, 2.75) is 32.4 Å². The van der Waals surface area contributed by atoms with Crippen molar-refractivity contribution in [3.8, 4) is 5.75 Å². The average Bonchev–Trinajstić information content (AvgIpc) is 2.30. The van der Waals surface area contributed by atoms with Crippen LogP contribution < -0.4 is 15.8 Å². The standard InChI is InChI=1S/C13H18F2N2O2.ClH/c1-13(2,8-16)17-11(18)7-9-3-5-10(6-4-9)19-12(14)15;/h3-6,12H,7-8,16H2,1-2H3,(H,17,18);1H. The largest absolute Gasteiger partial charge is 0.435 e. The molecule has 0 heterocycles. The number of ether oxygens (including phenoxy) is 1. The number of nitrogens with two attached hydrogens (primary N) is 1. The van der Waals surface area contributed by atoms with E-state index in [2.05, 4.69) is 10.1 Å². The van der Waals surface area contributed by atoms with Gasteiger partial charge in [-0.2, -0.15) is 8.78 Å². The molecule has 0 aliphatic heterocycles. The Labute approximate surface area is 123 Å². The summed E-state index contributed by atoms with van der Waals surface area (Å²) in [7, 11) is 0. The van der Waals surface area contributed by atoms with Crippen LogP contribution in [0.25, 0.3) is 0 Å². The van der Waals surface area contributed by atoms with Gasteiger partial charge in [-0.1, -0.05) is 12.1 Å². The Morgan fingerprint density at radius 3 is 2.35 bits per heavy atom. The molecule has 0 saturated heterocycles. The Morgan fingerprint density at radius 2 is 1.90 bits per heavy atom. The number of hydrogen-bond donors (Lipinski definition) is 2. The normalized spacial score (nSPS) is 10.9. The van der Waals surface area contributed by atoms with E-state index in [0.29, 0.717) is 12.1 Å². The Kier molecular flexibility index (Phi) is 7.45. The van der Waals surface area contributed by atoms with Crippen molar-refractivity contribution in [3.05, 3.63) is 29.8 Å². The summed E-state index contributed by atoms with van der Waals surface area (Å²) in [5, 5.41) is 2.79. The van der Waals surface area contributed by atoms with Gasteiger partial charge in [-0.05, 0) is 31.5 Å². The van der Waals surface area contributed by atoms with Crippen molar-refractivity contribution in [3.63, 3.8) is 0 Å². The van der Waals surface area contributed by atoms with Crippen molar-refractivity contribution >= 4 is 18.3 Å². The predicted octanol–water partition coefficient (Wildman–Crippen LogP) is 2.11. The SMILES string of the molecule is CC(C)(CN)NC(=O)Cc1ccc(OC(F)F)cc1.Cl. The van der Waals surface area contributed by atoms with Gasteiger partial charge >= 0.3 is 6.61 Å². The van der Waals surface area contributed by atoms with Crippen LogP contribution >= 0.6 is 12.4 Å². The first kappa shape index (κ1) is 18.6. The minimum Gasteiger partial charge on any atom is -0.435 e. The van der Waals surface area contributed by atoms with Crippen molar-refractivity contribution in [2.24, 2.45) is 5.73 Å².